The molecule has 0 spiro atoms. The van der Waals surface area contributed by atoms with Gasteiger partial charge in [-0.05, 0) is 24.1 Å². The van der Waals surface area contributed by atoms with Crippen molar-refractivity contribution in [3.05, 3.63) is 84.2 Å². The molecule has 1 aliphatic heterocycles. The number of benzene rings is 2. The van der Waals surface area contributed by atoms with Crippen molar-refractivity contribution in [2.45, 2.75) is 12.5 Å². The van der Waals surface area contributed by atoms with Gasteiger partial charge < -0.3 is 15.5 Å². The van der Waals surface area contributed by atoms with E-state index in [-0.39, 0.29) is 17.5 Å². The molecule has 0 fully saturated rings. The van der Waals surface area contributed by atoms with Gasteiger partial charge >= 0.3 is 0 Å². The van der Waals surface area contributed by atoms with E-state index >= 15 is 0 Å². The van der Waals surface area contributed by atoms with E-state index in [2.05, 4.69) is 25.5 Å². The lowest BCUT2D eigenvalue weighted by Crippen LogP contribution is -2.38. The molecule has 8 nitrogen and oxygen atoms in total. The summed E-state index contributed by atoms with van der Waals surface area (Å²) >= 11 is 0. The molecule has 2 aromatic carbocycles. The molecule has 2 aromatic heterocycles. The van der Waals surface area contributed by atoms with Crippen LogP contribution in [0.4, 0.5) is 5.82 Å². The van der Waals surface area contributed by atoms with Gasteiger partial charge in [-0.1, -0.05) is 54.6 Å². The monoisotopic (exact) mass is 424 g/mol. The minimum absolute atomic E-state index is 0.0100. The first-order chi connectivity index (χ1) is 15.7. The van der Waals surface area contributed by atoms with Gasteiger partial charge in [-0.25, -0.2) is 9.97 Å². The number of nitrogens with zero attached hydrogens (tertiary/aromatic N) is 4. The fraction of sp³-hybridized carbons (Fsp3) is 0.125. The smallest absolute Gasteiger partial charge is 0.270 e. The van der Waals surface area contributed by atoms with E-state index in [0.717, 1.165) is 11.1 Å². The topological polar surface area (TPSA) is 120 Å². The zero-order valence-electron chi connectivity index (χ0n) is 17.1. The maximum Gasteiger partial charge on any atom is 0.270 e. The lowest BCUT2D eigenvalue weighted by molar-refractivity contribution is 0.0962. The van der Waals surface area contributed by atoms with Crippen LogP contribution in [0.2, 0.25) is 0 Å². The molecule has 0 radical (unpaired) electrons. The third-order valence-electron chi connectivity index (χ3n) is 5.25. The second-order valence-electron chi connectivity index (χ2n) is 7.37. The number of carbonyl (C=O) groups excluding carboxylic acids is 1. The van der Waals surface area contributed by atoms with E-state index in [1.807, 2.05) is 66.7 Å². The van der Waals surface area contributed by atoms with Crippen LogP contribution in [0.3, 0.4) is 0 Å². The highest BCUT2D eigenvalue weighted by molar-refractivity contribution is 6.02. The minimum atomic E-state index is -0.433. The van der Waals surface area contributed by atoms with Crippen LogP contribution in [-0.4, -0.2) is 38.5 Å². The van der Waals surface area contributed by atoms with Crippen LogP contribution in [0.5, 0.6) is 0 Å². The highest BCUT2D eigenvalue weighted by Crippen LogP contribution is 2.28. The Morgan fingerprint density at radius 2 is 1.72 bits per heavy atom. The minimum Gasteiger partial charge on any atom is -0.414 e. The third-order valence-corrected chi connectivity index (χ3v) is 5.25. The zero-order valence-corrected chi connectivity index (χ0v) is 17.1. The van der Waals surface area contributed by atoms with Crippen LogP contribution in [-0.2, 0) is 0 Å². The maximum atomic E-state index is 12.9. The number of anilines is 1. The molecule has 32 heavy (non-hydrogen) atoms. The number of hydrogen-bond acceptors (Lipinski definition) is 8. The number of ketones is 1. The Morgan fingerprint density at radius 1 is 1.00 bits per heavy atom. The van der Waals surface area contributed by atoms with Crippen LogP contribution in [0.15, 0.2) is 77.4 Å². The predicted octanol–water partition coefficient (Wildman–Crippen LogP) is 3.40. The van der Waals surface area contributed by atoms with Crippen molar-refractivity contribution < 1.29 is 9.21 Å². The second-order valence-corrected chi connectivity index (χ2v) is 7.37. The summed E-state index contributed by atoms with van der Waals surface area (Å²) in [5, 5.41) is 11.5. The van der Waals surface area contributed by atoms with E-state index in [0.29, 0.717) is 35.8 Å². The number of rotatable bonds is 5. The number of carbonyl (C=O) groups is 1. The van der Waals surface area contributed by atoms with E-state index in [9.17, 15) is 4.79 Å². The first-order valence-corrected chi connectivity index (χ1v) is 10.2. The van der Waals surface area contributed by atoms with Crippen molar-refractivity contribution in [1.82, 2.24) is 25.5 Å². The van der Waals surface area contributed by atoms with Crippen molar-refractivity contribution in [3.63, 3.8) is 0 Å². The fourth-order valence-electron chi connectivity index (χ4n) is 3.60. The number of hydrogen-bond donors (Lipinski definition) is 2. The standard InChI is InChI=1S/C24H20N6O2/c25-22-20(24-30-29-23(32-24)16-9-5-2-6-10-16)28-19(14-27-22)17-11-12-26-18(13-17)21(31)15-7-3-1-4-8-15/h1-10,13-14,18,26H,11-12H2,(H2,25,27). The van der Waals surface area contributed by atoms with E-state index < -0.39 is 6.04 Å². The number of nitrogens with two attached hydrogens (primary N) is 1. The lowest BCUT2D eigenvalue weighted by atomic mass is 9.96. The summed E-state index contributed by atoms with van der Waals surface area (Å²) in [5.41, 5.74) is 9.38. The molecular weight excluding hydrogens is 404 g/mol. The van der Waals surface area contributed by atoms with E-state index in [1.54, 1.807) is 6.20 Å². The highest BCUT2D eigenvalue weighted by Gasteiger charge is 2.24. The number of aromatic nitrogens is 4. The highest BCUT2D eigenvalue weighted by atomic mass is 16.4. The quantitative estimate of drug-likeness (QED) is 0.468. The van der Waals surface area contributed by atoms with Crippen LogP contribution < -0.4 is 11.1 Å². The van der Waals surface area contributed by atoms with Crippen molar-refractivity contribution in [1.29, 1.82) is 0 Å². The van der Waals surface area contributed by atoms with E-state index in [4.69, 9.17) is 10.2 Å². The molecular formula is C24H20N6O2. The largest absolute Gasteiger partial charge is 0.414 e. The number of nitrogens with one attached hydrogen (secondary N) is 1. The zero-order chi connectivity index (χ0) is 21.9. The van der Waals surface area contributed by atoms with Gasteiger partial charge in [0.2, 0.25) is 5.89 Å². The molecule has 8 heteroatoms. The Balaban J connectivity index is 1.45. The summed E-state index contributed by atoms with van der Waals surface area (Å²) < 4.78 is 5.81. The summed E-state index contributed by atoms with van der Waals surface area (Å²) in [7, 11) is 0. The average molecular weight is 424 g/mol. The van der Waals surface area contributed by atoms with Gasteiger partial charge in [-0.15, -0.1) is 10.2 Å². The summed E-state index contributed by atoms with van der Waals surface area (Å²) in [6.07, 6.45) is 4.20. The Hall–Kier alpha value is -4.17. The van der Waals surface area contributed by atoms with Gasteiger partial charge in [0, 0.05) is 17.7 Å². The summed E-state index contributed by atoms with van der Waals surface area (Å²) in [5.74, 6) is 0.781. The van der Waals surface area contributed by atoms with Gasteiger partial charge in [0.25, 0.3) is 5.89 Å². The van der Waals surface area contributed by atoms with Gasteiger partial charge in [-0.2, -0.15) is 0 Å². The molecule has 1 aliphatic rings. The van der Waals surface area contributed by atoms with Crippen LogP contribution in [0.25, 0.3) is 28.6 Å². The van der Waals surface area contributed by atoms with Crippen LogP contribution >= 0.6 is 0 Å². The van der Waals surface area contributed by atoms with Crippen molar-refractivity contribution in [2.24, 2.45) is 0 Å². The molecule has 3 heterocycles. The molecule has 1 atom stereocenters. The lowest BCUT2D eigenvalue weighted by Gasteiger charge is -2.22. The van der Waals surface area contributed by atoms with Crippen molar-refractivity contribution in [3.8, 4) is 23.0 Å². The Bertz CT molecular complexity index is 1280. The maximum absolute atomic E-state index is 12.9. The summed E-state index contributed by atoms with van der Waals surface area (Å²) in [6.45, 7) is 0.648. The first kappa shape index (κ1) is 19.8. The predicted molar refractivity (Wildman–Crippen MR) is 120 cm³/mol. The molecule has 0 saturated heterocycles. The molecule has 0 saturated carbocycles. The Labute approximate surface area is 184 Å². The number of nitrogen functional groups attached to an aromatic ring is 1. The fourth-order valence-corrected chi connectivity index (χ4v) is 3.60. The SMILES string of the molecule is Nc1ncc(C2=CC(C(=O)c3ccccc3)NCC2)nc1-c1nnc(-c2ccccc2)o1. The molecule has 0 aliphatic carbocycles. The average Bonchev–Trinajstić information content (AvgIpc) is 3.35. The van der Waals surface area contributed by atoms with Crippen LogP contribution in [0.1, 0.15) is 22.5 Å². The molecule has 158 valence electrons. The van der Waals surface area contributed by atoms with Crippen molar-refractivity contribution in [2.75, 3.05) is 12.3 Å². The van der Waals surface area contributed by atoms with Gasteiger partial charge in [0.15, 0.2) is 17.3 Å². The molecule has 0 bridgehead atoms. The van der Waals surface area contributed by atoms with E-state index in [1.165, 1.54) is 0 Å². The van der Waals surface area contributed by atoms with Crippen molar-refractivity contribution >= 4 is 17.2 Å². The molecule has 1 unspecified atom stereocenters. The Morgan fingerprint density at radius 3 is 2.50 bits per heavy atom. The van der Waals surface area contributed by atoms with Gasteiger partial charge in [0.05, 0.1) is 17.9 Å². The summed E-state index contributed by atoms with van der Waals surface area (Å²) in [4.78, 5) is 21.8. The molecule has 0 amide bonds. The normalized spacial score (nSPS) is 15.9. The third kappa shape index (κ3) is 3.91. The van der Waals surface area contributed by atoms with Gasteiger partial charge in [-0.3, -0.25) is 4.79 Å². The second kappa shape index (κ2) is 8.52. The van der Waals surface area contributed by atoms with Gasteiger partial charge in [0.1, 0.15) is 0 Å². The first-order valence-electron chi connectivity index (χ1n) is 10.2. The Kier molecular flexibility index (Phi) is 5.27. The molecule has 4 aromatic rings. The molecule has 5 rings (SSSR count). The van der Waals surface area contributed by atoms with Crippen LogP contribution in [0, 0.1) is 0 Å². The molecule has 3 N–H and O–H groups in total. The number of Topliss-reactive ketones (excluding diaryl/α,β-unsaturated/α-hetero) is 1. The summed E-state index contributed by atoms with van der Waals surface area (Å²) in [6, 6.07) is 18.2.